The number of fused-ring (bicyclic) bond motifs is 10. The molecule has 0 N–H and O–H groups in total. The maximum Gasteiger partial charge on any atom is 0.0719 e. The minimum absolute atomic E-state index is 0.128. The van der Waals surface area contributed by atoms with E-state index >= 15 is 0 Å². The lowest BCUT2D eigenvalue weighted by Crippen LogP contribution is -2.40. The minimum atomic E-state index is -0.432. The molecule has 242 valence electrons. The molecule has 0 aliphatic heterocycles. The van der Waals surface area contributed by atoms with Crippen molar-refractivity contribution >= 4 is 27.8 Å². The first-order chi connectivity index (χ1) is 25.1. The van der Waals surface area contributed by atoms with E-state index in [0.717, 1.165) is 17.1 Å². The van der Waals surface area contributed by atoms with Gasteiger partial charge in [0.2, 0.25) is 0 Å². The second-order valence-corrected chi connectivity index (χ2v) is 14.4. The molecular formula is C50H37N. The molecular weight excluding hydrogens is 615 g/mol. The van der Waals surface area contributed by atoms with Gasteiger partial charge in [0, 0.05) is 22.2 Å². The van der Waals surface area contributed by atoms with Gasteiger partial charge in [-0.05, 0) is 91.4 Å². The van der Waals surface area contributed by atoms with Gasteiger partial charge in [-0.2, -0.15) is 0 Å². The zero-order valence-corrected chi connectivity index (χ0v) is 28.8. The lowest BCUT2D eigenvalue weighted by Gasteiger charge is -2.46. The van der Waals surface area contributed by atoms with Crippen molar-refractivity contribution in [1.82, 2.24) is 0 Å². The van der Waals surface area contributed by atoms with E-state index in [1.165, 1.54) is 66.4 Å². The van der Waals surface area contributed by atoms with Crippen LogP contribution in [0.1, 0.15) is 47.2 Å². The van der Waals surface area contributed by atoms with Crippen LogP contribution in [-0.2, 0) is 10.8 Å². The van der Waals surface area contributed by atoms with Crippen molar-refractivity contribution in [1.29, 1.82) is 0 Å². The summed E-state index contributed by atoms with van der Waals surface area (Å²) in [7, 11) is 0. The second kappa shape index (κ2) is 11.2. The van der Waals surface area contributed by atoms with Crippen molar-refractivity contribution in [3.05, 3.63) is 221 Å². The SMILES string of the molecule is CC1(C)c2ccccc2C2(c3ccccc3-c3c(-c4cccc5cccc(N(c6ccccc6)c6ccccc6)c45)cccc32)c2ccccc21. The van der Waals surface area contributed by atoms with E-state index in [9.17, 15) is 0 Å². The molecule has 10 rings (SSSR count). The van der Waals surface area contributed by atoms with Crippen molar-refractivity contribution in [3.63, 3.8) is 0 Å². The first-order valence-corrected chi connectivity index (χ1v) is 18.0. The van der Waals surface area contributed by atoms with E-state index in [1.54, 1.807) is 0 Å². The van der Waals surface area contributed by atoms with Crippen LogP contribution < -0.4 is 4.90 Å². The fourth-order valence-electron chi connectivity index (χ4n) is 9.45. The highest BCUT2D eigenvalue weighted by molar-refractivity contribution is 6.11. The molecule has 0 unspecified atom stereocenters. The summed E-state index contributed by atoms with van der Waals surface area (Å²) in [6.07, 6.45) is 0. The highest BCUT2D eigenvalue weighted by Crippen LogP contribution is 2.63. The van der Waals surface area contributed by atoms with Crippen LogP contribution in [0.4, 0.5) is 17.1 Å². The number of nitrogens with zero attached hydrogens (tertiary/aromatic N) is 1. The molecule has 8 aromatic carbocycles. The summed E-state index contributed by atoms with van der Waals surface area (Å²) >= 11 is 0. The van der Waals surface area contributed by atoms with Crippen LogP contribution in [0, 0.1) is 0 Å². The van der Waals surface area contributed by atoms with Gasteiger partial charge >= 0.3 is 0 Å². The molecule has 0 saturated heterocycles. The van der Waals surface area contributed by atoms with Gasteiger partial charge in [0.05, 0.1) is 11.1 Å². The van der Waals surface area contributed by atoms with Crippen LogP contribution in [-0.4, -0.2) is 0 Å². The maximum absolute atomic E-state index is 2.40. The third kappa shape index (κ3) is 4.09. The van der Waals surface area contributed by atoms with Gasteiger partial charge < -0.3 is 4.90 Å². The van der Waals surface area contributed by atoms with Crippen molar-refractivity contribution in [2.75, 3.05) is 4.90 Å². The third-order valence-corrected chi connectivity index (χ3v) is 11.5. The van der Waals surface area contributed by atoms with Crippen LogP contribution in [0.25, 0.3) is 33.0 Å². The summed E-state index contributed by atoms with van der Waals surface area (Å²) in [4.78, 5) is 2.40. The first-order valence-electron chi connectivity index (χ1n) is 18.0. The molecule has 0 amide bonds. The largest absolute Gasteiger partial charge is 0.310 e. The minimum Gasteiger partial charge on any atom is -0.310 e. The average Bonchev–Trinajstić information content (AvgIpc) is 3.49. The van der Waals surface area contributed by atoms with Crippen molar-refractivity contribution in [3.8, 4) is 22.3 Å². The summed E-state index contributed by atoms with van der Waals surface area (Å²) < 4.78 is 0. The molecule has 51 heavy (non-hydrogen) atoms. The van der Waals surface area contributed by atoms with E-state index < -0.39 is 5.41 Å². The summed E-state index contributed by atoms with van der Waals surface area (Å²) in [5, 5.41) is 2.46. The molecule has 8 aromatic rings. The Morgan fingerprint density at radius 3 is 1.43 bits per heavy atom. The third-order valence-electron chi connectivity index (χ3n) is 11.5. The molecule has 0 radical (unpaired) electrons. The highest BCUT2D eigenvalue weighted by atomic mass is 15.1. The normalized spacial score (nSPS) is 14.4. The Bertz CT molecular complexity index is 2520. The van der Waals surface area contributed by atoms with E-state index in [4.69, 9.17) is 0 Å². The van der Waals surface area contributed by atoms with Crippen LogP contribution in [0.3, 0.4) is 0 Å². The van der Waals surface area contributed by atoms with Gasteiger partial charge in [0.1, 0.15) is 0 Å². The predicted octanol–water partition coefficient (Wildman–Crippen LogP) is 13.0. The zero-order valence-electron chi connectivity index (χ0n) is 28.8. The number of benzene rings is 8. The van der Waals surface area contributed by atoms with Gasteiger partial charge in [0.25, 0.3) is 0 Å². The fraction of sp³-hybridized carbons (Fsp3) is 0.0800. The summed E-state index contributed by atoms with van der Waals surface area (Å²) in [6.45, 7) is 4.77. The van der Waals surface area contributed by atoms with Crippen molar-refractivity contribution in [2.24, 2.45) is 0 Å². The van der Waals surface area contributed by atoms with Gasteiger partial charge in [-0.25, -0.2) is 0 Å². The molecule has 0 bridgehead atoms. The van der Waals surface area contributed by atoms with Gasteiger partial charge in [0.15, 0.2) is 0 Å². The maximum atomic E-state index is 2.40. The molecule has 2 aliphatic carbocycles. The second-order valence-electron chi connectivity index (χ2n) is 14.4. The number of rotatable bonds is 4. The number of hydrogen-bond acceptors (Lipinski definition) is 1. The highest BCUT2D eigenvalue weighted by Gasteiger charge is 2.53. The summed E-state index contributed by atoms with van der Waals surface area (Å²) in [6, 6.07) is 69.6. The van der Waals surface area contributed by atoms with Crippen LogP contribution >= 0.6 is 0 Å². The van der Waals surface area contributed by atoms with Crippen LogP contribution in [0.15, 0.2) is 188 Å². The predicted molar refractivity (Wildman–Crippen MR) is 213 cm³/mol. The first kappa shape index (κ1) is 29.7. The Kier molecular flexibility index (Phi) is 6.51. The standard InChI is InChI=1S/C50H37N/c1-49(2)41-28-11-13-30-43(41)50(44-31-14-12-29-42(44)49)40-27-10-9-24-39(40)48-38(26-17-32-45(48)50)37-25-15-18-34-19-16-33-46(47(34)37)51(35-20-5-3-6-21-35)36-22-7-4-8-23-36/h3-33H,1-2H3. The molecule has 1 heteroatoms. The zero-order chi connectivity index (χ0) is 34.2. The lowest BCUT2D eigenvalue weighted by atomic mass is 9.55. The molecule has 0 heterocycles. The topological polar surface area (TPSA) is 3.24 Å². The van der Waals surface area contributed by atoms with Crippen molar-refractivity contribution < 1.29 is 0 Å². The summed E-state index contributed by atoms with van der Waals surface area (Å²) in [5.74, 6) is 0. The van der Waals surface area contributed by atoms with E-state index in [1.807, 2.05) is 0 Å². The lowest BCUT2D eigenvalue weighted by molar-refractivity contribution is 0.563. The van der Waals surface area contributed by atoms with E-state index in [0.29, 0.717) is 0 Å². The van der Waals surface area contributed by atoms with E-state index in [-0.39, 0.29) is 5.41 Å². The number of hydrogen-bond donors (Lipinski definition) is 0. The Hall–Kier alpha value is -6.18. The van der Waals surface area contributed by atoms with E-state index in [2.05, 4.69) is 207 Å². The summed E-state index contributed by atoms with van der Waals surface area (Å²) in [5.41, 5.74) is 16.3. The average molecular weight is 652 g/mol. The molecule has 1 spiro atoms. The Morgan fingerprint density at radius 2 is 0.804 bits per heavy atom. The molecule has 0 fully saturated rings. The fourth-order valence-corrected chi connectivity index (χ4v) is 9.45. The van der Waals surface area contributed by atoms with Crippen LogP contribution in [0.5, 0.6) is 0 Å². The Balaban J connectivity index is 1.31. The molecule has 1 nitrogen and oxygen atoms in total. The van der Waals surface area contributed by atoms with Gasteiger partial charge in [-0.3, -0.25) is 0 Å². The molecule has 0 aromatic heterocycles. The monoisotopic (exact) mass is 651 g/mol. The number of anilines is 3. The molecule has 0 saturated carbocycles. The smallest absolute Gasteiger partial charge is 0.0719 e. The Labute approximate surface area is 300 Å². The van der Waals surface area contributed by atoms with Crippen molar-refractivity contribution in [2.45, 2.75) is 24.7 Å². The molecule has 2 aliphatic rings. The Morgan fingerprint density at radius 1 is 0.353 bits per heavy atom. The number of para-hydroxylation sites is 2. The van der Waals surface area contributed by atoms with Gasteiger partial charge in [-0.1, -0.05) is 172 Å². The molecule has 0 atom stereocenters. The van der Waals surface area contributed by atoms with Gasteiger partial charge in [-0.15, -0.1) is 0 Å². The van der Waals surface area contributed by atoms with Crippen LogP contribution in [0.2, 0.25) is 0 Å². The quantitative estimate of drug-likeness (QED) is 0.183.